The van der Waals surface area contributed by atoms with E-state index in [2.05, 4.69) is 0 Å². The molecule has 19 heavy (non-hydrogen) atoms. The fourth-order valence-corrected chi connectivity index (χ4v) is 2.76. The Kier molecular flexibility index (Phi) is 4.59. The molecule has 1 N–H and O–H groups in total. The summed E-state index contributed by atoms with van der Waals surface area (Å²) in [5.41, 5.74) is 2.16. The molecule has 0 saturated heterocycles. The van der Waals surface area contributed by atoms with Crippen LogP contribution in [0.25, 0.3) is 0 Å². The standard InChI is InChI=1S/C16H23NO2/c1-12-3-9-15(10-4-12)17(2)16(19)14-7-5-13(11-18)6-8-14/h3-4,9-10,13-14,18H,5-8,11H2,1-2H3. The van der Waals surface area contributed by atoms with Crippen molar-refractivity contribution in [1.29, 1.82) is 0 Å². The van der Waals surface area contributed by atoms with E-state index in [1.165, 1.54) is 5.56 Å². The molecule has 3 heteroatoms. The Balaban J connectivity index is 1.98. The van der Waals surface area contributed by atoms with Crippen LogP contribution in [0, 0.1) is 18.8 Å². The van der Waals surface area contributed by atoms with Gasteiger partial charge in [-0.3, -0.25) is 4.79 Å². The lowest BCUT2D eigenvalue weighted by Crippen LogP contribution is -2.35. The van der Waals surface area contributed by atoms with E-state index < -0.39 is 0 Å². The zero-order valence-electron chi connectivity index (χ0n) is 11.8. The first kappa shape index (κ1) is 14.1. The van der Waals surface area contributed by atoms with Gasteiger partial charge in [-0.25, -0.2) is 0 Å². The van der Waals surface area contributed by atoms with Gasteiger partial charge in [0.05, 0.1) is 0 Å². The molecule has 0 aromatic heterocycles. The van der Waals surface area contributed by atoms with Gasteiger partial charge in [0.1, 0.15) is 0 Å². The second-order valence-electron chi connectivity index (χ2n) is 5.63. The summed E-state index contributed by atoms with van der Waals surface area (Å²) in [4.78, 5) is 14.2. The highest BCUT2D eigenvalue weighted by molar-refractivity contribution is 5.94. The molecule has 0 radical (unpaired) electrons. The van der Waals surface area contributed by atoms with Crippen LogP contribution < -0.4 is 4.90 Å². The van der Waals surface area contributed by atoms with E-state index in [0.717, 1.165) is 31.4 Å². The molecule has 0 unspecified atom stereocenters. The molecule has 0 atom stereocenters. The molecule has 1 saturated carbocycles. The number of hydrogen-bond donors (Lipinski definition) is 1. The third-order valence-electron chi connectivity index (χ3n) is 4.21. The first-order chi connectivity index (χ1) is 9.11. The topological polar surface area (TPSA) is 40.5 Å². The van der Waals surface area contributed by atoms with Crippen LogP contribution >= 0.6 is 0 Å². The molecule has 0 heterocycles. The predicted molar refractivity (Wildman–Crippen MR) is 77.1 cm³/mol. The smallest absolute Gasteiger partial charge is 0.229 e. The van der Waals surface area contributed by atoms with Gasteiger partial charge in [-0.05, 0) is 50.7 Å². The molecule has 1 amide bonds. The van der Waals surface area contributed by atoms with Gasteiger partial charge in [0, 0.05) is 25.3 Å². The van der Waals surface area contributed by atoms with E-state index in [9.17, 15) is 4.79 Å². The van der Waals surface area contributed by atoms with Crippen molar-refractivity contribution < 1.29 is 9.90 Å². The van der Waals surface area contributed by atoms with Crippen LogP contribution in [0.2, 0.25) is 0 Å². The van der Waals surface area contributed by atoms with Crippen LogP contribution in [0.15, 0.2) is 24.3 Å². The number of aryl methyl sites for hydroxylation is 1. The number of amides is 1. The second-order valence-corrected chi connectivity index (χ2v) is 5.63. The SMILES string of the molecule is Cc1ccc(N(C)C(=O)C2CCC(CO)CC2)cc1. The average molecular weight is 261 g/mol. The van der Waals surface area contributed by atoms with Crippen LogP contribution in [-0.4, -0.2) is 24.7 Å². The van der Waals surface area contributed by atoms with Crippen molar-refractivity contribution in [2.75, 3.05) is 18.6 Å². The predicted octanol–water partition coefficient (Wildman–Crippen LogP) is 2.76. The first-order valence-corrected chi connectivity index (χ1v) is 7.07. The van der Waals surface area contributed by atoms with Crippen LogP contribution in [-0.2, 0) is 4.79 Å². The molecular weight excluding hydrogens is 238 g/mol. The number of aliphatic hydroxyl groups excluding tert-OH is 1. The van der Waals surface area contributed by atoms with Gasteiger partial charge in [0.25, 0.3) is 0 Å². The Labute approximate surface area is 115 Å². The van der Waals surface area contributed by atoms with E-state index >= 15 is 0 Å². The maximum absolute atomic E-state index is 12.4. The second kappa shape index (κ2) is 6.20. The fraction of sp³-hybridized carbons (Fsp3) is 0.562. The van der Waals surface area contributed by atoms with E-state index in [1.54, 1.807) is 4.90 Å². The summed E-state index contributed by atoms with van der Waals surface area (Å²) in [6, 6.07) is 8.04. The lowest BCUT2D eigenvalue weighted by Gasteiger charge is -2.29. The zero-order chi connectivity index (χ0) is 13.8. The lowest BCUT2D eigenvalue weighted by molar-refractivity contribution is -0.123. The number of rotatable bonds is 3. The molecule has 1 aliphatic rings. The monoisotopic (exact) mass is 261 g/mol. The Morgan fingerprint density at radius 2 is 1.79 bits per heavy atom. The molecule has 1 fully saturated rings. The van der Waals surface area contributed by atoms with Crippen LogP contribution in [0.1, 0.15) is 31.2 Å². The van der Waals surface area contributed by atoms with Gasteiger partial charge in [-0.15, -0.1) is 0 Å². The normalized spacial score (nSPS) is 23.1. The Morgan fingerprint density at radius 1 is 1.21 bits per heavy atom. The number of aliphatic hydroxyl groups is 1. The number of anilines is 1. The fourth-order valence-electron chi connectivity index (χ4n) is 2.76. The van der Waals surface area contributed by atoms with Crippen molar-refractivity contribution in [3.05, 3.63) is 29.8 Å². The minimum Gasteiger partial charge on any atom is -0.396 e. The molecule has 0 bridgehead atoms. The maximum Gasteiger partial charge on any atom is 0.229 e. The number of hydrogen-bond acceptors (Lipinski definition) is 2. The zero-order valence-corrected chi connectivity index (χ0v) is 11.8. The molecule has 104 valence electrons. The number of nitrogens with zero attached hydrogens (tertiary/aromatic N) is 1. The van der Waals surface area contributed by atoms with Crippen molar-refractivity contribution >= 4 is 11.6 Å². The summed E-state index contributed by atoms with van der Waals surface area (Å²) in [6.07, 6.45) is 3.74. The van der Waals surface area contributed by atoms with Crippen molar-refractivity contribution in [1.82, 2.24) is 0 Å². The molecule has 3 nitrogen and oxygen atoms in total. The third-order valence-corrected chi connectivity index (χ3v) is 4.21. The molecular formula is C16H23NO2. The van der Waals surface area contributed by atoms with Gasteiger partial charge in [-0.1, -0.05) is 17.7 Å². The Bertz CT molecular complexity index is 419. The first-order valence-electron chi connectivity index (χ1n) is 7.07. The molecule has 1 aromatic rings. The number of carbonyl (C=O) groups excluding carboxylic acids is 1. The van der Waals surface area contributed by atoms with Gasteiger partial charge >= 0.3 is 0 Å². The molecule has 0 spiro atoms. The van der Waals surface area contributed by atoms with Crippen molar-refractivity contribution in [3.63, 3.8) is 0 Å². The highest BCUT2D eigenvalue weighted by atomic mass is 16.3. The minimum absolute atomic E-state index is 0.120. The quantitative estimate of drug-likeness (QED) is 0.909. The van der Waals surface area contributed by atoms with E-state index in [1.807, 2.05) is 38.2 Å². The average Bonchev–Trinajstić information content (AvgIpc) is 2.46. The van der Waals surface area contributed by atoms with Crippen molar-refractivity contribution in [2.45, 2.75) is 32.6 Å². The summed E-state index contributed by atoms with van der Waals surface area (Å²) >= 11 is 0. The summed E-state index contributed by atoms with van der Waals surface area (Å²) in [6.45, 7) is 2.30. The summed E-state index contributed by atoms with van der Waals surface area (Å²) < 4.78 is 0. The molecule has 0 aliphatic heterocycles. The van der Waals surface area contributed by atoms with Gasteiger partial charge < -0.3 is 10.0 Å². The highest BCUT2D eigenvalue weighted by Gasteiger charge is 2.28. The van der Waals surface area contributed by atoms with E-state index in [-0.39, 0.29) is 18.4 Å². The van der Waals surface area contributed by atoms with Gasteiger partial charge in [-0.2, -0.15) is 0 Å². The Hall–Kier alpha value is -1.35. The van der Waals surface area contributed by atoms with Gasteiger partial charge in [0.15, 0.2) is 0 Å². The van der Waals surface area contributed by atoms with Gasteiger partial charge in [0.2, 0.25) is 5.91 Å². The lowest BCUT2D eigenvalue weighted by atomic mass is 9.82. The summed E-state index contributed by atoms with van der Waals surface area (Å²) in [5.74, 6) is 0.725. The third kappa shape index (κ3) is 3.35. The maximum atomic E-state index is 12.4. The van der Waals surface area contributed by atoms with Crippen LogP contribution in [0.4, 0.5) is 5.69 Å². The van der Waals surface area contributed by atoms with E-state index in [4.69, 9.17) is 5.11 Å². The summed E-state index contributed by atoms with van der Waals surface area (Å²) in [5, 5.41) is 9.13. The summed E-state index contributed by atoms with van der Waals surface area (Å²) in [7, 11) is 1.85. The highest BCUT2D eigenvalue weighted by Crippen LogP contribution is 2.30. The number of benzene rings is 1. The largest absolute Gasteiger partial charge is 0.396 e. The van der Waals surface area contributed by atoms with Crippen molar-refractivity contribution in [3.8, 4) is 0 Å². The van der Waals surface area contributed by atoms with Crippen LogP contribution in [0.5, 0.6) is 0 Å². The van der Waals surface area contributed by atoms with Crippen molar-refractivity contribution in [2.24, 2.45) is 11.8 Å². The molecule has 2 rings (SSSR count). The van der Waals surface area contributed by atoms with Crippen LogP contribution in [0.3, 0.4) is 0 Å². The molecule has 1 aliphatic carbocycles. The van der Waals surface area contributed by atoms with E-state index in [0.29, 0.717) is 5.92 Å². The number of carbonyl (C=O) groups is 1. The Morgan fingerprint density at radius 3 is 2.32 bits per heavy atom. The molecule has 1 aromatic carbocycles. The minimum atomic E-state index is 0.120.